The van der Waals surface area contributed by atoms with Crippen LogP contribution >= 0.6 is 27.5 Å². The smallest absolute Gasteiger partial charge is 0.264 e. The van der Waals surface area contributed by atoms with E-state index in [1.165, 1.54) is 4.90 Å². The van der Waals surface area contributed by atoms with E-state index >= 15 is 0 Å². The van der Waals surface area contributed by atoms with E-state index in [-0.39, 0.29) is 25.0 Å². The number of furan rings is 1. The van der Waals surface area contributed by atoms with Crippen molar-refractivity contribution in [2.24, 2.45) is 0 Å². The van der Waals surface area contributed by atoms with Crippen molar-refractivity contribution < 1.29 is 18.7 Å². The molecule has 6 nitrogen and oxygen atoms in total. The molecule has 0 aliphatic carbocycles. The van der Waals surface area contributed by atoms with Gasteiger partial charge >= 0.3 is 0 Å². The molecule has 1 N–H and O–H groups in total. The zero-order chi connectivity index (χ0) is 20.8. The molecule has 0 aliphatic heterocycles. The molecule has 2 aromatic carbocycles. The number of rotatable bonds is 7. The molecule has 0 aliphatic rings. The van der Waals surface area contributed by atoms with Gasteiger partial charge in [0.1, 0.15) is 11.5 Å². The zero-order valence-corrected chi connectivity index (χ0v) is 17.9. The van der Waals surface area contributed by atoms with Crippen LogP contribution in [-0.4, -0.2) is 25.5 Å². The van der Waals surface area contributed by atoms with Gasteiger partial charge in [-0.15, -0.1) is 0 Å². The molecular weight excluding hydrogens is 460 g/mol. The van der Waals surface area contributed by atoms with Crippen LogP contribution in [0.15, 0.2) is 69.8 Å². The van der Waals surface area contributed by atoms with Gasteiger partial charge in [0.25, 0.3) is 11.8 Å². The van der Waals surface area contributed by atoms with Crippen molar-refractivity contribution >= 4 is 45.0 Å². The number of halogens is 2. The van der Waals surface area contributed by atoms with Gasteiger partial charge in [-0.2, -0.15) is 0 Å². The number of benzene rings is 2. The summed E-state index contributed by atoms with van der Waals surface area (Å²) < 4.78 is 11.6. The molecule has 2 amide bonds. The van der Waals surface area contributed by atoms with Crippen molar-refractivity contribution in [2.45, 2.75) is 6.54 Å². The molecule has 0 spiro atoms. The molecule has 8 heteroatoms. The maximum atomic E-state index is 12.6. The van der Waals surface area contributed by atoms with Gasteiger partial charge in [0.05, 0.1) is 29.1 Å². The molecule has 1 aromatic heterocycles. The molecule has 3 rings (SSSR count). The van der Waals surface area contributed by atoms with Gasteiger partial charge in [0.15, 0.2) is 6.61 Å². The number of para-hydroxylation sites is 1. The summed E-state index contributed by atoms with van der Waals surface area (Å²) in [7, 11) is 1.59. The third-order valence-electron chi connectivity index (χ3n) is 4.13. The van der Waals surface area contributed by atoms with Gasteiger partial charge in [0, 0.05) is 11.5 Å². The predicted molar refractivity (Wildman–Crippen MR) is 114 cm³/mol. The van der Waals surface area contributed by atoms with Crippen LogP contribution in [0.1, 0.15) is 16.1 Å². The van der Waals surface area contributed by atoms with E-state index in [2.05, 4.69) is 21.2 Å². The standard InChI is InChI=1S/C21H18BrClN2O4/c1-25(20(26)13-29-19-9-8-14(22)11-17(19)23)18-7-3-2-6-16(18)21(27)24-12-15-5-4-10-28-15/h2-11H,12-13H2,1H3,(H,24,27). The Bertz CT molecular complexity index is 1010. The SMILES string of the molecule is CN(C(=O)COc1ccc(Br)cc1Cl)c1ccccc1C(=O)NCc1ccco1. The number of anilines is 1. The van der Waals surface area contributed by atoms with Gasteiger partial charge in [-0.3, -0.25) is 9.59 Å². The highest BCUT2D eigenvalue weighted by atomic mass is 79.9. The number of likely N-dealkylation sites (N-methyl/N-ethyl adjacent to an activating group) is 1. The normalized spacial score (nSPS) is 10.4. The van der Waals surface area contributed by atoms with Crippen molar-refractivity contribution in [3.63, 3.8) is 0 Å². The van der Waals surface area contributed by atoms with Gasteiger partial charge in [-0.25, -0.2) is 0 Å². The predicted octanol–water partition coefficient (Wildman–Crippen LogP) is 4.67. The van der Waals surface area contributed by atoms with Crippen molar-refractivity contribution in [3.8, 4) is 5.75 Å². The largest absolute Gasteiger partial charge is 0.482 e. The average molecular weight is 478 g/mol. The van der Waals surface area contributed by atoms with Gasteiger partial charge < -0.3 is 19.4 Å². The molecule has 0 bridgehead atoms. The second-order valence-electron chi connectivity index (χ2n) is 6.10. The van der Waals surface area contributed by atoms with E-state index in [1.54, 1.807) is 67.9 Å². The van der Waals surface area contributed by atoms with Crippen molar-refractivity contribution in [2.75, 3.05) is 18.6 Å². The summed E-state index contributed by atoms with van der Waals surface area (Å²) in [5, 5.41) is 3.18. The molecule has 0 unspecified atom stereocenters. The molecule has 0 saturated heterocycles. The number of carbonyl (C=O) groups excluding carboxylic acids is 2. The van der Waals surface area contributed by atoms with Crippen LogP contribution in [0.5, 0.6) is 5.75 Å². The Morgan fingerprint density at radius 2 is 1.97 bits per heavy atom. The monoisotopic (exact) mass is 476 g/mol. The van der Waals surface area contributed by atoms with Crippen molar-refractivity contribution in [1.82, 2.24) is 5.32 Å². The fourth-order valence-corrected chi connectivity index (χ4v) is 3.32. The first-order valence-electron chi connectivity index (χ1n) is 8.69. The van der Waals surface area contributed by atoms with Crippen LogP contribution in [0.4, 0.5) is 5.69 Å². The number of hydrogen-bond acceptors (Lipinski definition) is 4. The number of carbonyl (C=O) groups is 2. The quantitative estimate of drug-likeness (QED) is 0.537. The Morgan fingerprint density at radius 1 is 1.17 bits per heavy atom. The minimum Gasteiger partial charge on any atom is -0.482 e. The molecule has 1 heterocycles. The number of nitrogens with one attached hydrogen (secondary N) is 1. The minimum atomic E-state index is -0.324. The van der Waals surface area contributed by atoms with Crippen LogP contribution in [0.25, 0.3) is 0 Å². The summed E-state index contributed by atoms with van der Waals surface area (Å²) in [4.78, 5) is 26.6. The third-order valence-corrected chi connectivity index (χ3v) is 4.92. The number of ether oxygens (including phenoxy) is 1. The molecule has 0 saturated carbocycles. The lowest BCUT2D eigenvalue weighted by Crippen LogP contribution is -2.33. The van der Waals surface area contributed by atoms with E-state index in [0.29, 0.717) is 27.8 Å². The molecule has 0 fully saturated rings. The first kappa shape index (κ1) is 21.0. The molecule has 150 valence electrons. The van der Waals surface area contributed by atoms with E-state index in [0.717, 1.165) is 4.47 Å². The maximum absolute atomic E-state index is 12.6. The zero-order valence-electron chi connectivity index (χ0n) is 15.5. The Kier molecular flexibility index (Phi) is 6.95. The van der Waals surface area contributed by atoms with Crippen LogP contribution in [-0.2, 0) is 11.3 Å². The molecule has 3 aromatic rings. The van der Waals surface area contributed by atoms with Gasteiger partial charge in [-0.05, 0) is 42.5 Å². The Balaban J connectivity index is 1.67. The highest BCUT2D eigenvalue weighted by molar-refractivity contribution is 9.10. The maximum Gasteiger partial charge on any atom is 0.264 e. The van der Waals surface area contributed by atoms with E-state index < -0.39 is 0 Å². The summed E-state index contributed by atoms with van der Waals surface area (Å²) in [6.45, 7) is 0.0310. The average Bonchev–Trinajstić information content (AvgIpc) is 3.24. The van der Waals surface area contributed by atoms with E-state index in [1.807, 2.05) is 0 Å². The van der Waals surface area contributed by atoms with Crippen LogP contribution in [0.3, 0.4) is 0 Å². The summed E-state index contributed by atoms with van der Waals surface area (Å²) >= 11 is 9.43. The second-order valence-corrected chi connectivity index (χ2v) is 7.42. The third kappa shape index (κ3) is 5.40. The lowest BCUT2D eigenvalue weighted by molar-refractivity contribution is -0.120. The summed E-state index contributed by atoms with van der Waals surface area (Å²) in [5.74, 6) is 0.407. The topological polar surface area (TPSA) is 71.8 Å². The Hall–Kier alpha value is -2.77. The lowest BCUT2D eigenvalue weighted by atomic mass is 10.1. The fraction of sp³-hybridized carbons (Fsp3) is 0.143. The first-order valence-corrected chi connectivity index (χ1v) is 9.87. The van der Waals surface area contributed by atoms with Crippen LogP contribution in [0, 0.1) is 0 Å². The highest BCUT2D eigenvalue weighted by Crippen LogP contribution is 2.28. The van der Waals surface area contributed by atoms with Gasteiger partial charge in [-0.1, -0.05) is 39.7 Å². The Morgan fingerprint density at radius 3 is 2.69 bits per heavy atom. The van der Waals surface area contributed by atoms with Crippen molar-refractivity contribution in [1.29, 1.82) is 0 Å². The summed E-state index contributed by atoms with van der Waals surface area (Å²) in [6.07, 6.45) is 1.54. The van der Waals surface area contributed by atoms with Crippen molar-refractivity contribution in [3.05, 3.63) is 81.7 Å². The van der Waals surface area contributed by atoms with E-state index in [9.17, 15) is 9.59 Å². The highest BCUT2D eigenvalue weighted by Gasteiger charge is 2.19. The second kappa shape index (κ2) is 9.62. The van der Waals surface area contributed by atoms with E-state index in [4.69, 9.17) is 20.8 Å². The summed E-state index contributed by atoms with van der Waals surface area (Å²) in [5.41, 5.74) is 0.844. The molecule has 0 radical (unpaired) electrons. The number of amides is 2. The Labute approximate surface area is 181 Å². The molecule has 0 atom stereocenters. The lowest BCUT2D eigenvalue weighted by Gasteiger charge is -2.20. The fourth-order valence-electron chi connectivity index (χ4n) is 2.60. The van der Waals surface area contributed by atoms with Gasteiger partial charge in [0.2, 0.25) is 0 Å². The first-order chi connectivity index (χ1) is 14.0. The summed E-state index contributed by atoms with van der Waals surface area (Å²) in [6, 6.07) is 15.5. The number of nitrogens with zero attached hydrogens (tertiary/aromatic N) is 1. The molecular formula is C21H18BrClN2O4. The minimum absolute atomic E-state index is 0.222. The van der Waals surface area contributed by atoms with Crippen LogP contribution in [0.2, 0.25) is 5.02 Å². The molecule has 29 heavy (non-hydrogen) atoms. The number of hydrogen-bond donors (Lipinski definition) is 1. The van der Waals surface area contributed by atoms with Crippen LogP contribution < -0.4 is 15.0 Å².